The van der Waals surface area contributed by atoms with Crippen molar-refractivity contribution in [3.63, 3.8) is 0 Å². The molecule has 1 nitrogen and oxygen atoms in total. The van der Waals surface area contributed by atoms with Gasteiger partial charge in [0.05, 0.1) is 0 Å². The van der Waals surface area contributed by atoms with E-state index in [9.17, 15) is 0 Å². The summed E-state index contributed by atoms with van der Waals surface area (Å²) < 4.78 is 0. The number of nitrogen functional groups attached to an aromatic ring is 1. The Balaban J connectivity index is 1.56. The number of benzene rings is 6. The lowest BCUT2D eigenvalue weighted by molar-refractivity contribution is 0.518. The van der Waals surface area contributed by atoms with Crippen molar-refractivity contribution in [1.29, 1.82) is 0 Å². The molecule has 0 unspecified atom stereocenters. The highest BCUT2D eigenvalue weighted by Crippen LogP contribution is 2.55. The third kappa shape index (κ3) is 2.80. The molecule has 0 fully saturated rings. The first-order valence-electron chi connectivity index (χ1n) is 14.1. The summed E-state index contributed by atoms with van der Waals surface area (Å²) in [5, 5.41) is 7.89. The van der Waals surface area contributed by atoms with Crippen molar-refractivity contribution in [3.05, 3.63) is 113 Å². The first kappa shape index (κ1) is 22.8. The standard InChI is InChI=1S/C38H33N/c1-21-13-15-28-34-23(21)11-8-12-29(34)38(4,5)30-18-17-26-27(35(28)30)16-14-22-20-37(2,3)31-19-32(39)24-9-6-7-10-25(24)36(31)33(22)26/h6-19H,20,39H2,1-5H3. The number of hydrogen-bond donors (Lipinski definition) is 1. The molecule has 0 amide bonds. The normalized spacial score (nSPS) is 16.2. The number of hydrogen-bond acceptors (Lipinski definition) is 1. The van der Waals surface area contributed by atoms with Gasteiger partial charge in [0.25, 0.3) is 0 Å². The van der Waals surface area contributed by atoms with E-state index < -0.39 is 0 Å². The summed E-state index contributed by atoms with van der Waals surface area (Å²) in [6.07, 6.45) is 1.00. The molecule has 6 aromatic carbocycles. The number of anilines is 1. The van der Waals surface area contributed by atoms with Gasteiger partial charge in [-0.1, -0.05) is 107 Å². The minimum Gasteiger partial charge on any atom is -0.398 e. The number of rotatable bonds is 0. The van der Waals surface area contributed by atoms with Gasteiger partial charge < -0.3 is 5.73 Å². The van der Waals surface area contributed by atoms with Gasteiger partial charge in [-0.15, -0.1) is 0 Å². The number of nitrogens with two attached hydrogens (primary N) is 1. The minimum atomic E-state index is -0.0826. The lowest BCUT2D eigenvalue weighted by Crippen LogP contribution is -2.26. The number of aryl methyl sites for hydroxylation is 1. The van der Waals surface area contributed by atoms with Crippen LogP contribution < -0.4 is 5.73 Å². The quantitative estimate of drug-likeness (QED) is 0.205. The van der Waals surface area contributed by atoms with Crippen LogP contribution in [0.15, 0.2) is 84.9 Å². The predicted octanol–water partition coefficient (Wildman–Crippen LogP) is 9.84. The average Bonchev–Trinajstić information content (AvgIpc) is 2.92. The Morgan fingerprint density at radius 1 is 0.590 bits per heavy atom. The van der Waals surface area contributed by atoms with Crippen molar-refractivity contribution >= 4 is 38.0 Å². The minimum absolute atomic E-state index is 0.00637. The van der Waals surface area contributed by atoms with Gasteiger partial charge in [-0.2, -0.15) is 0 Å². The van der Waals surface area contributed by atoms with Crippen LogP contribution in [0.1, 0.15) is 55.5 Å². The lowest BCUT2D eigenvalue weighted by atomic mass is 9.65. The molecule has 0 bridgehead atoms. The van der Waals surface area contributed by atoms with Crippen molar-refractivity contribution in [1.82, 2.24) is 0 Å². The second kappa shape index (κ2) is 7.30. The van der Waals surface area contributed by atoms with Crippen LogP contribution in [0, 0.1) is 6.92 Å². The zero-order chi connectivity index (χ0) is 26.8. The fraction of sp³-hybridized carbons (Fsp3) is 0.211. The van der Waals surface area contributed by atoms with Crippen LogP contribution in [0.3, 0.4) is 0 Å². The molecule has 2 aliphatic rings. The van der Waals surface area contributed by atoms with Crippen molar-refractivity contribution in [2.45, 2.75) is 51.9 Å². The molecule has 190 valence electrons. The van der Waals surface area contributed by atoms with E-state index in [2.05, 4.69) is 120 Å². The first-order chi connectivity index (χ1) is 18.7. The predicted molar refractivity (Wildman–Crippen MR) is 168 cm³/mol. The van der Waals surface area contributed by atoms with E-state index in [-0.39, 0.29) is 10.8 Å². The molecule has 2 aliphatic carbocycles. The third-order valence-corrected chi connectivity index (χ3v) is 9.85. The van der Waals surface area contributed by atoms with E-state index in [1.54, 1.807) is 0 Å². The van der Waals surface area contributed by atoms with E-state index in [1.165, 1.54) is 77.0 Å². The maximum atomic E-state index is 6.66. The van der Waals surface area contributed by atoms with Crippen LogP contribution in [-0.2, 0) is 17.3 Å². The zero-order valence-electron chi connectivity index (χ0n) is 23.4. The average molecular weight is 504 g/mol. The molecule has 39 heavy (non-hydrogen) atoms. The highest BCUT2D eigenvalue weighted by molar-refractivity contribution is 6.17. The van der Waals surface area contributed by atoms with Gasteiger partial charge in [-0.05, 0) is 102 Å². The Labute approximate surface area is 230 Å². The van der Waals surface area contributed by atoms with Crippen LogP contribution in [0.4, 0.5) is 5.69 Å². The molecule has 0 atom stereocenters. The Morgan fingerprint density at radius 3 is 2.10 bits per heavy atom. The largest absolute Gasteiger partial charge is 0.398 e. The molecule has 0 radical (unpaired) electrons. The van der Waals surface area contributed by atoms with Crippen molar-refractivity contribution in [3.8, 4) is 22.3 Å². The topological polar surface area (TPSA) is 26.0 Å². The van der Waals surface area contributed by atoms with E-state index in [0.717, 1.165) is 17.5 Å². The molecule has 0 saturated heterocycles. The molecule has 1 heteroatoms. The maximum Gasteiger partial charge on any atom is 0.0397 e. The van der Waals surface area contributed by atoms with Crippen LogP contribution in [-0.4, -0.2) is 0 Å². The Bertz CT molecular complexity index is 2050. The molecular weight excluding hydrogens is 470 g/mol. The molecular formula is C38H33N. The molecule has 0 saturated carbocycles. The van der Waals surface area contributed by atoms with Gasteiger partial charge in [0, 0.05) is 16.5 Å². The molecule has 2 N–H and O–H groups in total. The Morgan fingerprint density at radius 2 is 1.28 bits per heavy atom. The number of fused-ring (bicyclic) bond motifs is 10. The summed E-state index contributed by atoms with van der Waals surface area (Å²) in [5.41, 5.74) is 19.9. The summed E-state index contributed by atoms with van der Waals surface area (Å²) in [5.74, 6) is 0. The first-order valence-corrected chi connectivity index (χ1v) is 14.1. The molecule has 0 aromatic heterocycles. The molecule has 8 rings (SSSR count). The van der Waals surface area contributed by atoms with Gasteiger partial charge in [0.1, 0.15) is 0 Å². The van der Waals surface area contributed by atoms with Gasteiger partial charge in [-0.3, -0.25) is 0 Å². The van der Waals surface area contributed by atoms with Crippen molar-refractivity contribution in [2.75, 3.05) is 5.73 Å². The summed E-state index contributed by atoms with van der Waals surface area (Å²) in [7, 11) is 0. The monoisotopic (exact) mass is 503 g/mol. The molecule has 6 aromatic rings. The molecule has 0 aliphatic heterocycles. The lowest BCUT2D eigenvalue weighted by Gasteiger charge is -2.38. The van der Waals surface area contributed by atoms with Crippen LogP contribution >= 0.6 is 0 Å². The third-order valence-electron chi connectivity index (χ3n) is 9.85. The Kier molecular flexibility index (Phi) is 4.28. The highest BCUT2D eigenvalue weighted by Gasteiger charge is 2.37. The van der Waals surface area contributed by atoms with Crippen molar-refractivity contribution < 1.29 is 0 Å². The fourth-order valence-corrected chi connectivity index (χ4v) is 7.91. The smallest absolute Gasteiger partial charge is 0.0397 e. The second-order valence-corrected chi connectivity index (χ2v) is 13.0. The van der Waals surface area contributed by atoms with Gasteiger partial charge in [-0.25, -0.2) is 0 Å². The SMILES string of the molecule is Cc1ccc2c3c(cccc13)C(C)(C)c1ccc3c4c(ccc3c1-2)CC(C)(C)c1cc(N)c2ccccc2c1-4. The van der Waals surface area contributed by atoms with Crippen LogP contribution in [0.2, 0.25) is 0 Å². The second-order valence-electron chi connectivity index (χ2n) is 13.0. The fourth-order valence-electron chi connectivity index (χ4n) is 7.91. The van der Waals surface area contributed by atoms with Crippen molar-refractivity contribution in [2.24, 2.45) is 0 Å². The van der Waals surface area contributed by atoms with E-state index >= 15 is 0 Å². The molecule has 0 heterocycles. The van der Waals surface area contributed by atoms with E-state index in [0.29, 0.717) is 0 Å². The zero-order valence-corrected chi connectivity index (χ0v) is 23.4. The van der Waals surface area contributed by atoms with Crippen LogP contribution in [0.5, 0.6) is 0 Å². The van der Waals surface area contributed by atoms with Gasteiger partial charge >= 0.3 is 0 Å². The summed E-state index contributed by atoms with van der Waals surface area (Å²) in [6.45, 7) is 11.7. The van der Waals surface area contributed by atoms with E-state index in [1.807, 2.05) is 0 Å². The summed E-state index contributed by atoms with van der Waals surface area (Å²) in [6, 6.07) is 32.1. The Hall–Kier alpha value is -4.10. The van der Waals surface area contributed by atoms with E-state index in [4.69, 9.17) is 5.73 Å². The summed E-state index contributed by atoms with van der Waals surface area (Å²) >= 11 is 0. The van der Waals surface area contributed by atoms with Crippen LogP contribution in [0.25, 0.3) is 54.6 Å². The van der Waals surface area contributed by atoms with Gasteiger partial charge in [0.15, 0.2) is 0 Å². The maximum absolute atomic E-state index is 6.66. The highest BCUT2D eigenvalue weighted by atomic mass is 14.6. The molecule has 0 spiro atoms. The van der Waals surface area contributed by atoms with Gasteiger partial charge in [0.2, 0.25) is 0 Å². The summed E-state index contributed by atoms with van der Waals surface area (Å²) in [4.78, 5) is 0.